The fourth-order valence-corrected chi connectivity index (χ4v) is 3.13. The Labute approximate surface area is 135 Å². The number of ether oxygens (including phenoxy) is 1. The Morgan fingerprint density at radius 3 is 2.60 bits per heavy atom. The molecule has 2 aromatic carbocycles. The molecule has 0 saturated carbocycles. The molecule has 0 aliphatic rings. The number of rotatable bonds is 4. The van der Waals surface area contributed by atoms with Gasteiger partial charge < -0.3 is 4.74 Å². The van der Waals surface area contributed by atoms with Gasteiger partial charge in [-0.3, -0.25) is 0 Å². The molecule has 106 valence electrons. The number of halogens is 3. The smallest absolute Gasteiger partial charge is 0.126 e. The van der Waals surface area contributed by atoms with Crippen molar-refractivity contribution < 1.29 is 9.13 Å². The van der Waals surface area contributed by atoms with Gasteiger partial charge in [0.1, 0.15) is 11.6 Å². The molecule has 1 nitrogen and oxygen atoms in total. The number of aryl methyl sites for hydroxylation is 1. The zero-order valence-electron chi connectivity index (χ0n) is 11.3. The van der Waals surface area contributed by atoms with Crippen molar-refractivity contribution in [3.63, 3.8) is 0 Å². The van der Waals surface area contributed by atoms with Crippen molar-refractivity contribution in [2.75, 3.05) is 7.11 Å². The molecule has 0 spiro atoms. The van der Waals surface area contributed by atoms with Gasteiger partial charge in [-0.1, -0.05) is 50.1 Å². The first-order valence-electron chi connectivity index (χ1n) is 6.24. The second kappa shape index (κ2) is 6.72. The molecule has 0 amide bonds. The van der Waals surface area contributed by atoms with Crippen LogP contribution in [0.3, 0.4) is 0 Å². The van der Waals surface area contributed by atoms with E-state index in [0.29, 0.717) is 12.0 Å². The number of methoxy groups -OCH3 is 1. The van der Waals surface area contributed by atoms with E-state index in [9.17, 15) is 4.39 Å². The van der Waals surface area contributed by atoms with Crippen molar-refractivity contribution in [3.8, 4) is 5.75 Å². The average Bonchev–Trinajstić information content (AvgIpc) is 2.43. The van der Waals surface area contributed by atoms with Crippen LogP contribution < -0.4 is 4.74 Å². The maximum absolute atomic E-state index is 13.7. The highest BCUT2D eigenvalue weighted by atomic mass is 79.9. The summed E-state index contributed by atoms with van der Waals surface area (Å²) in [6.45, 7) is 2.01. The fraction of sp³-hybridized carbons (Fsp3) is 0.250. The van der Waals surface area contributed by atoms with Crippen LogP contribution in [-0.2, 0) is 6.42 Å². The first-order chi connectivity index (χ1) is 9.52. The van der Waals surface area contributed by atoms with Gasteiger partial charge in [0, 0.05) is 14.9 Å². The third-order valence-electron chi connectivity index (χ3n) is 3.21. The van der Waals surface area contributed by atoms with Gasteiger partial charge in [0.25, 0.3) is 0 Å². The Hall–Kier alpha value is -0.870. The summed E-state index contributed by atoms with van der Waals surface area (Å²) in [4.78, 5) is -0.00810. The second-order valence-corrected chi connectivity index (χ2v) is 6.57. The molecule has 1 unspecified atom stereocenters. The highest BCUT2D eigenvalue weighted by Crippen LogP contribution is 2.37. The van der Waals surface area contributed by atoms with Gasteiger partial charge in [0.2, 0.25) is 0 Å². The predicted octanol–water partition coefficient (Wildman–Crippen LogP) is 5.58. The quantitative estimate of drug-likeness (QED) is 0.607. The van der Waals surface area contributed by atoms with E-state index >= 15 is 0 Å². The van der Waals surface area contributed by atoms with E-state index in [1.807, 2.05) is 25.1 Å². The lowest BCUT2D eigenvalue weighted by Gasteiger charge is -2.16. The van der Waals surface area contributed by atoms with Gasteiger partial charge in [0.15, 0.2) is 0 Å². The highest BCUT2D eigenvalue weighted by molar-refractivity contribution is 9.10. The van der Waals surface area contributed by atoms with Gasteiger partial charge in [-0.15, -0.1) is 0 Å². The van der Waals surface area contributed by atoms with E-state index in [4.69, 9.17) is 4.74 Å². The summed E-state index contributed by atoms with van der Waals surface area (Å²) in [5.74, 6) is 0.631. The lowest BCUT2D eigenvalue weighted by molar-refractivity contribution is 0.409. The molecule has 20 heavy (non-hydrogen) atoms. The Bertz CT molecular complexity index is 613. The standard InChI is InChI=1S/C16H15Br2FO/c1-10-7-16(20-2)12(9-13(10)17)14(18)8-11-5-3-4-6-15(11)19/h3-7,9,14H,8H2,1-2H3. The van der Waals surface area contributed by atoms with Crippen LogP contribution in [0.15, 0.2) is 40.9 Å². The molecule has 2 aromatic rings. The molecular weight excluding hydrogens is 387 g/mol. The second-order valence-electron chi connectivity index (χ2n) is 4.61. The van der Waals surface area contributed by atoms with Gasteiger partial charge in [0.05, 0.1) is 7.11 Å². The SMILES string of the molecule is COc1cc(C)c(Br)cc1C(Br)Cc1ccccc1F. The van der Waals surface area contributed by atoms with Gasteiger partial charge in [-0.2, -0.15) is 0 Å². The summed E-state index contributed by atoms with van der Waals surface area (Å²) in [5, 5.41) is 0. The van der Waals surface area contributed by atoms with Crippen LogP contribution in [0.1, 0.15) is 21.5 Å². The predicted molar refractivity (Wildman–Crippen MR) is 87.2 cm³/mol. The zero-order chi connectivity index (χ0) is 14.7. The van der Waals surface area contributed by atoms with Gasteiger partial charge in [-0.05, 0) is 42.7 Å². The van der Waals surface area contributed by atoms with Crippen LogP contribution in [0.5, 0.6) is 5.75 Å². The van der Waals surface area contributed by atoms with E-state index in [0.717, 1.165) is 21.3 Å². The highest BCUT2D eigenvalue weighted by Gasteiger charge is 2.17. The Balaban J connectivity index is 2.32. The van der Waals surface area contributed by atoms with Crippen molar-refractivity contribution in [2.24, 2.45) is 0 Å². The van der Waals surface area contributed by atoms with E-state index in [2.05, 4.69) is 31.9 Å². The summed E-state index contributed by atoms with van der Waals surface area (Å²) in [6, 6.07) is 10.8. The Kier molecular flexibility index (Phi) is 5.22. The van der Waals surface area contributed by atoms with Crippen molar-refractivity contribution in [1.29, 1.82) is 0 Å². The van der Waals surface area contributed by atoms with E-state index in [1.165, 1.54) is 6.07 Å². The Morgan fingerprint density at radius 1 is 1.25 bits per heavy atom. The minimum atomic E-state index is -0.179. The first-order valence-corrected chi connectivity index (χ1v) is 7.95. The van der Waals surface area contributed by atoms with Crippen molar-refractivity contribution in [2.45, 2.75) is 18.2 Å². The number of benzene rings is 2. The topological polar surface area (TPSA) is 9.23 Å². The van der Waals surface area contributed by atoms with Crippen LogP contribution in [-0.4, -0.2) is 7.11 Å². The molecule has 2 rings (SSSR count). The molecule has 0 N–H and O–H groups in total. The summed E-state index contributed by atoms with van der Waals surface area (Å²) in [7, 11) is 1.65. The minimum Gasteiger partial charge on any atom is -0.496 e. The molecule has 0 bridgehead atoms. The van der Waals surface area contributed by atoms with Crippen LogP contribution in [0.4, 0.5) is 4.39 Å². The summed E-state index contributed by atoms with van der Waals surface area (Å²) in [6.07, 6.45) is 0.568. The van der Waals surface area contributed by atoms with Crippen LogP contribution in [0, 0.1) is 12.7 Å². The van der Waals surface area contributed by atoms with Crippen LogP contribution in [0.2, 0.25) is 0 Å². The third kappa shape index (κ3) is 3.41. The maximum atomic E-state index is 13.7. The van der Waals surface area contributed by atoms with Gasteiger partial charge >= 0.3 is 0 Å². The number of alkyl halides is 1. The summed E-state index contributed by atoms with van der Waals surface area (Å²) < 4.78 is 20.2. The third-order valence-corrected chi connectivity index (χ3v) is 4.88. The maximum Gasteiger partial charge on any atom is 0.126 e. The van der Waals surface area contributed by atoms with Crippen molar-refractivity contribution in [1.82, 2.24) is 0 Å². The monoisotopic (exact) mass is 400 g/mol. The largest absolute Gasteiger partial charge is 0.496 e. The Morgan fingerprint density at radius 2 is 1.95 bits per heavy atom. The molecule has 0 aromatic heterocycles. The molecule has 0 radical (unpaired) electrons. The normalized spacial score (nSPS) is 12.2. The molecular formula is C16H15Br2FO. The van der Waals surface area contributed by atoms with Crippen LogP contribution in [0.25, 0.3) is 0 Å². The van der Waals surface area contributed by atoms with E-state index < -0.39 is 0 Å². The molecule has 0 heterocycles. The van der Waals surface area contributed by atoms with Crippen molar-refractivity contribution in [3.05, 3.63) is 63.4 Å². The summed E-state index contributed by atoms with van der Waals surface area (Å²) >= 11 is 7.17. The first kappa shape index (κ1) is 15.5. The zero-order valence-corrected chi connectivity index (χ0v) is 14.5. The molecule has 1 atom stereocenters. The number of hydrogen-bond donors (Lipinski definition) is 0. The van der Waals surface area contributed by atoms with Crippen molar-refractivity contribution >= 4 is 31.9 Å². The molecule has 4 heteroatoms. The fourth-order valence-electron chi connectivity index (χ4n) is 2.06. The molecule has 0 aliphatic carbocycles. The average molecular weight is 402 g/mol. The summed E-state index contributed by atoms with van der Waals surface area (Å²) in [5.41, 5.74) is 2.80. The molecule has 0 saturated heterocycles. The minimum absolute atomic E-state index is 0.00810. The van der Waals surface area contributed by atoms with Crippen LogP contribution >= 0.6 is 31.9 Å². The van der Waals surface area contributed by atoms with E-state index in [-0.39, 0.29) is 10.6 Å². The number of hydrogen-bond acceptors (Lipinski definition) is 1. The van der Waals surface area contributed by atoms with Gasteiger partial charge in [-0.25, -0.2) is 4.39 Å². The lowest BCUT2D eigenvalue weighted by atomic mass is 10.0. The lowest BCUT2D eigenvalue weighted by Crippen LogP contribution is -2.01. The van der Waals surface area contributed by atoms with E-state index in [1.54, 1.807) is 19.2 Å². The molecule has 0 aliphatic heterocycles. The molecule has 0 fully saturated rings.